The van der Waals surface area contributed by atoms with Gasteiger partial charge >= 0.3 is 0 Å². The minimum atomic E-state index is -0.303. The fourth-order valence-corrected chi connectivity index (χ4v) is 4.52. The van der Waals surface area contributed by atoms with E-state index in [2.05, 4.69) is 25.4 Å². The maximum atomic E-state index is 13.4. The number of ether oxygens (including phenoxy) is 3. The van der Waals surface area contributed by atoms with Crippen LogP contribution in [0.4, 0.5) is 4.39 Å². The standard InChI is InChI=1S/C29H29FN6O4/c1-38-24-10-6-19(7-11-24)15-35(18-28-32-33-34-36(28)16-20-4-8-23(30)9-5-20)17-22-12-21-13-26(39-2)27(40-3)14-25(21)31-29(22)37/h4-14H,15-18H2,1-3H3,(H,31,37). The third-order valence-corrected chi connectivity index (χ3v) is 6.60. The quantitative estimate of drug-likeness (QED) is 0.267. The van der Waals surface area contributed by atoms with Gasteiger partial charge in [-0.2, -0.15) is 0 Å². The molecule has 0 bridgehead atoms. The van der Waals surface area contributed by atoms with Crippen LogP contribution in [0.15, 0.2) is 71.5 Å². The molecule has 3 aromatic carbocycles. The van der Waals surface area contributed by atoms with E-state index >= 15 is 0 Å². The van der Waals surface area contributed by atoms with E-state index in [4.69, 9.17) is 14.2 Å². The zero-order chi connectivity index (χ0) is 28.1. The molecule has 5 rings (SSSR count). The van der Waals surface area contributed by atoms with E-state index in [-0.39, 0.29) is 11.4 Å². The molecule has 0 atom stereocenters. The number of pyridine rings is 1. The van der Waals surface area contributed by atoms with Crippen LogP contribution in [0.3, 0.4) is 0 Å². The molecule has 0 fully saturated rings. The van der Waals surface area contributed by atoms with Gasteiger partial charge in [-0.15, -0.1) is 5.10 Å². The molecule has 0 aliphatic rings. The Balaban J connectivity index is 1.45. The number of nitrogens with zero attached hydrogens (tertiary/aromatic N) is 5. The Morgan fingerprint density at radius 2 is 1.55 bits per heavy atom. The highest BCUT2D eigenvalue weighted by molar-refractivity contribution is 5.83. The van der Waals surface area contributed by atoms with Crippen molar-refractivity contribution in [1.82, 2.24) is 30.1 Å². The summed E-state index contributed by atoms with van der Waals surface area (Å²) in [6.07, 6.45) is 0. The van der Waals surface area contributed by atoms with Crippen LogP contribution < -0.4 is 19.8 Å². The lowest BCUT2D eigenvalue weighted by Gasteiger charge is -2.22. The molecule has 0 unspecified atom stereocenters. The van der Waals surface area contributed by atoms with Crippen molar-refractivity contribution < 1.29 is 18.6 Å². The van der Waals surface area contributed by atoms with Crippen molar-refractivity contribution >= 4 is 10.9 Å². The maximum absolute atomic E-state index is 13.4. The third kappa shape index (κ3) is 6.10. The minimum Gasteiger partial charge on any atom is -0.497 e. The number of fused-ring (bicyclic) bond motifs is 1. The van der Waals surface area contributed by atoms with Gasteiger partial charge in [-0.05, 0) is 58.0 Å². The molecule has 0 amide bonds. The summed E-state index contributed by atoms with van der Waals surface area (Å²) in [5.41, 5.74) is 2.92. The van der Waals surface area contributed by atoms with Gasteiger partial charge in [0.25, 0.3) is 5.56 Å². The molecule has 5 aromatic rings. The van der Waals surface area contributed by atoms with E-state index in [1.165, 1.54) is 12.1 Å². The molecule has 0 radical (unpaired) electrons. The number of aromatic nitrogens is 5. The smallest absolute Gasteiger partial charge is 0.252 e. The second-order valence-electron chi connectivity index (χ2n) is 9.29. The molecule has 206 valence electrons. The van der Waals surface area contributed by atoms with Crippen molar-refractivity contribution in [1.29, 1.82) is 0 Å². The van der Waals surface area contributed by atoms with Gasteiger partial charge in [0.15, 0.2) is 17.3 Å². The highest BCUT2D eigenvalue weighted by Gasteiger charge is 2.17. The molecule has 10 nitrogen and oxygen atoms in total. The second-order valence-corrected chi connectivity index (χ2v) is 9.29. The molecule has 2 heterocycles. The van der Waals surface area contributed by atoms with Gasteiger partial charge in [0, 0.05) is 30.1 Å². The summed E-state index contributed by atoms with van der Waals surface area (Å²) in [5, 5.41) is 13.1. The van der Waals surface area contributed by atoms with E-state index in [0.717, 1.165) is 22.3 Å². The number of rotatable bonds is 11. The molecule has 0 saturated heterocycles. The number of hydrogen-bond acceptors (Lipinski definition) is 8. The van der Waals surface area contributed by atoms with Gasteiger partial charge in [0.2, 0.25) is 0 Å². The summed E-state index contributed by atoms with van der Waals surface area (Å²) >= 11 is 0. The van der Waals surface area contributed by atoms with E-state index < -0.39 is 0 Å². The molecular weight excluding hydrogens is 515 g/mol. The van der Waals surface area contributed by atoms with Crippen LogP contribution in [0.5, 0.6) is 17.2 Å². The Bertz CT molecular complexity index is 1650. The predicted molar refractivity (Wildman–Crippen MR) is 147 cm³/mol. The molecule has 11 heteroatoms. The lowest BCUT2D eigenvalue weighted by Crippen LogP contribution is -2.28. The summed E-state index contributed by atoms with van der Waals surface area (Å²) in [5.74, 6) is 2.17. The monoisotopic (exact) mass is 544 g/mol. The number of hydrogen-bond donors (Lipinski definition) is 1. The van der Waals surface area contributed by atoms with Gasteiger partial charge in [-0.25, -0.2) is 9.07 Å². The highest BCUT2D eigenvalue weighted by Crippen LogP contribution is 2.31. The van der Waals surface area contributed by atoms with Crippen LogP contribution >= 0.6 is 0 Å². The molecular formula is C29H29FN6O4. The van der Waals surface area contributed by atoms with Crippen molar-refractivity contribution in [2.24, 2.45) is 0 Å². The summed E-state index contributed by atoms with van der Waals surface area (Å²) in [7, 11) is 4.75. The molecule has 2 aromatic heterocycles. The topological polar surface area (TPSA) is 107 Å². The Labute approximate surface area is 229 Å². The molecule has 0 saturated carbocycles. The molecule has 0 aliphatic heterocycles. The lowest BCUT2D eigenvalue weighted by atomic mass is 10.1. The summed E-state index contributed by atoms with van der Waals surface area (Å²) in [4.78, 5) is 18.2. The van der Waals surface area contributed by atoms with Crippen LogP contribution in [0.2, 0.25) is 0 Å². The van der Waals surface area contributed by atoms with Crippen molar-refractivity contribution in [3.63, 3.8) is 0 Å². The first-order valence-electron chi connectivity index (χ1n) is 12.6. The Morgan fingerprint density at radius 1 is 0.850 bits per heavy atom. The van der Waals surface area contributed by atoms with E-state index in [1.807, 2.05) is 36.4 Å². The first kappa shape index (κ1) is 26.8. The van der Waals surface area contributed by atoms with Crippen molar-refractivity contribution in [3.8, 4) is 17.2 Å². The first-order valence-corrected chi connectivity index (χ1v) is 12.6. The number of benzene rings is 3. The fourth-order valence-electron chi connectivity index (χ4n) is 4.52. The fraction of sp³-hybridized carbons (Fsp3) is 0.241. The Kier molecular flexibility index (Phi) is 8.02. The number of aromatic amines is 1. The van der Waals surface area contributed by atoms with Gasteiger partial charge < -0.3 is 19.2 Å². The van der Waals surface area contributed by atoms with Gasteiger partial charge in [-0.1, -0.05) is 24.3 Å². The average Bonchev–Trinajstić information content (AvgIpc) is 3.40. The molecule has 40 heavy (non-hydrogen) atoms. The van der Waals surface area contributed by atoms with Gasteiger partial charge in [0.1, 0.15) is 11.6 Å². The minimum absolute atomic E-state index is 0.203. The number of halogens is 1. The number of methoxy groups -OCH3 is 3. The summed E-state index contributed by atoms with van der Waals surface area (Å²) in [6, 6.07) is 19.4. The molecule has 0 aliphatic carbocycles. The van der Waals surface area contributed by atoms with Crippen molar-refractivity contribution in [3.05, 3.63) is 105 Å². The number of nitrogens with one attached hydrogen (secondary N) is 1. The van der Waals surface area contributed by atoms with Crippen molar-refractivity contribution in [2.75, 3.05) is 21.3 Å². The van der Waals surface area contributed by atoms with Crippen LogP contribution in [0, 0.1) is 5.82 Å². The zero-order valence-corrected chi connectivity index (χ0v) is 22.4. The van der Waals surface area contributed by atoms with Crippen LogP contribution in [-0.4, -0.2) is 51.4 Å². The largest absolute Gasteiger partial charge is 0.497 e. The van der Waals surface area contributed by atoms with E-state index in [0.29, 0.717) is 54.6 Å². The SMILES string of the molecule is COc1ccc(CN(Cc2cc3cc(OC)c(OC)cc3[nH]c2=O)Cc2nnnn2Cc2ccc(F)cc2)cc1. The Morgan fingerprint density at radius 3 is 2.25 bits per heavy atom. The maximum Gasteiger partial charge on any atom is 0.252 e. The van der Waals surface area contributed by atoms with Crippen molar-refractivity contribution in [2.45, 2.75) is 26.2 Å². The Hall–Kier alpha value is -4.77. The van der Waals surface area contributed by atoms with Crippen LogP contribution in [-0.2, 0) is 26.2 Å². The van der Waals surface area contributed by atoms with Crippen LogP contribution in [0.1, 0.15) is 22.5 Å². The second kappa shape index (κ2) is 12.0. The van der Waals surface area contributed by atoms with Gasteiger partial charge in [-0.3, -0.25) is 9.69 Å². The highest BCUT2D eigenvalue weighted by atomic mass is 19.1. The van der Waals surface area contributed by atoms with Crippen LogP contribution in [0.25, 0.3) is 10.9 Å². The molecule has 1 N–H and O–H groups in total. The normalized spacial score (nSPS) is 11.2. The van der Waals surface area contributed by atoms with E-state index in [9.17, 15) is 9.18 Å². The van der Waals surface area contributed by atoms with E-state index in [1.54, 1.807) is 44.2 Å². The zero-order valence-electron chi connectivity index (χ0n) is 22.4. The van der Waals surface area contributed by atoms with Gasteiger partial charge in [0.05, 0.1) is 39.9 Å². The number of H-pyrrole nitrogens is 1. The summed E-state index contributed by atoms with van der Waals surface area (Å²) < 4.78 is 31.2. The predicted octanol–water partition coefficient (Wildman–Crippen LogP) is 3.93. The first-order chi connectivity index (χ1) is 19.4. The molecule has 0 spiro atoms. The third-order valence-electron chi connectivity index (χ3n) is 6.60. The lowest BCUT2D eigenvalue weighted by molar-refractivity contribution is 0.236. The number of tetrazole rings is 1. The average molecular weight is 545 g/mol. The summed E-state index contributed by atoms with van der Waals surface area (Å²) in [6.45, 7) is 1.60.